The molecule has 5 rings (SSSR count). The first-order valence-electron chi connectivity index (χ1n) is 10.3. The van der Waals surface area contributed by atoms with Crippen LogP contribution in [0.25, 0.3) is 27.7 Å². The van der Waals surface area contributed by atoms with Gasteiger partial charge in [-0.25, -0.2) is 9.48 Å². The van der Waals surface area contributed by atoms with Gasteiger partial charge in [0.1, 0.15) is 11.5 Å². The zero-order chi connectivity index (χ0) is 22.1. The standard InChI is InChI=1S/C25H22N6O/c1-17-23(19-15-26-30(2)16-19)29-31(20-11-4-3-5-12-20)24(17)28-25(32)27-22-14-8-10-18-9-6-7-13-21(18)22/h3-16H,1-2H3,(H2,27,28,32). The molecule has 0 radical (unpaired) electrons. The molecule has 158 valence electrons. The molecule has 3 aromatic carbocycles. The molecule has 2 amide bonds. The van der Waals surface area contributed by atoms with Gasteiger partial charge in [0.15, 0.2) is 0 Å². The minimum Gasteiger partial charge on any atom is -0.307 e. The largest absolute Gasteiger partial charge is 0.324 e. The Kier molecular flexibility index (Phi) is 4.91. The Labute approximate surface area is 185 Å². The lowest BCUT2D eigenvalue weighted by Crippen LogP contribution is -2.22. The third kappa shape index (κ3) is 3.60. The summed E-state index contributed by atoms with van der Waals surface area (Å²) in [5, 5.41) is 17.1. The van der Waals surface area contributed by atoms with Crippen LogP contribution in [0.5, 0.6) is 0 Å². The molecule has 7 heteroatoms. The molecule has 32 heavy (non-hydrogen) atoms. The van der Waals surface area contributed by atoms with Crippen LogP contribution in [0.1, 0.15) is 5.56 Å². The summed E-state index contributed by atoms with van der Waals surface area (Å²) in [4.78, 5) is 13.0. The second kappa shape index (κ2) is 8.03. The van der Waals surface area contributed by atoms with Gasteiger partial charge in [-0.15, -0.1) is 0 Å². The molecule has 0 unspecified atom stereocenters. The number of carbonyl (C=O) groups is 1. The topological polar surface area (TPSA) is 76.8 Å². The average molecular weight is 422 g/mol. The van der Waals surface area contributed by atoms with Crippen LogP contribution in [0.15, 0.2) is 85.2 Å². The van der Waals surface area contributed by atoms with E-state index < -0.39 is 0 Å². The predicted octanol–water partition coefficient (Wildman–Crippen LogP) is 5.38. The number of rotatable bonds is 4. The number of amides is 2. The molecule has 2 N–H and O–H groups in total. The number of para-hydroxylation sites is 1. The van der Waals surface area contributed by atoms with E-state index >= 15 is 0 Å². The lowest BCUT2D eigenvalue weighted by Gasteiger charge is -2.12. The number of nitrogens with zero attached hydrogens (tertiary/aromatic N) is 4. The summed E-state index contributed by atoms with van der Waals surface area (Å²) in [6.45, 7) is 1.95. The van der Waals surface area contributed by atoms with Gasteiger partial charge in [0.2, 0.25) is 0 Å². The number of nitrogens with one attached hydrogen (secondary N) is 2. The molecule has 0 saturated heterocycles. The van der Waals surface area contributed by atoms with Crippen LogP contribution in [-0.4, -0.2) is 25.6 Å². The lowest BCUT2D eigenvalue weighted by molar-refractivity contribution is 0.262. The van der Waals surface area contributed by atoms with E-state index in [2.05, 4.69) is 15.7 Å². The minimum atomic E-state index is -0.334. The van der Waals surface area contributed by atoms with Crippen molar-refractivity contribution >= 4 is 28.3 Å². The molecule has 0 aliphatic carbocycles. The van der Waals surface area contributed by atoms with E-state index in [-0.39, 0.29) is 6.03 Å². The lowest BCUT2D eigenvalue weighted by atomic mass is 10.1. The first kappa shape index (κ1) is 19.6. The molecule has 5 aromatic rings. The van der Waals surface area contributed by atoms with E-state index in [0.717, 1.165) is 39.0 Å². The van der Waals surface area contributed by atoms with E-state index in [4.69, 9.17) is 5.10 Å². The van der Waals surface area contributed by atoms with Crippen molar-refractivity contribution in [3.8, 4) is 16.9 Å². The van der Waals surface area contributed by atoms with Crippen molar-refractivity contribution < 1.29 is 4.79 Å². The van der Waals surface area contributed by atoms with E-state index in [1.807, 2.05) is 93.0 Å². The number of carbonyl (C=O) groups excluding carboxylic acids is 1. The third-order valence-corrected chi connectivity index (χ3v) is 5.37. The summed E-state index contributed by atoms with van der Waals surface area (Å²) >= 11 is 0. The average Bonchev–Trinajstić information content (AvgIpc) is 3.38. The predicted molar refractivity (Wildman–Crippen MR) is 127 cm³/mol. The minimum absolute atomic E-state index is 0.334. The number of anilines is 2. The summed E-state index contributed by atoms with van der Waals surface area (Å²) in [6.07, 6.45) is 3.68. The molecule has 0 spiro atoms. The summed E-state index contributed by atoms with van der Waals surface area (Å²) < 4.78 is 3.48. The van der Waals surface area contributed by atoms with E-state index in [1.165, 1.54) is 0 Å². The van der Waals surface area contributed by atoms with Gasteiger partial charge in [-0.3, -0.25) is 10.00 Å². The molecule has 0 bridgehead atoms. The third-order valence-electron chi connectivity index (χ3n) is 5.37. The summed E-state index contributed by atoms with van der Waals surface area (Å²) in [7, 11) is 1.86. The number of fused-ring (bicyclic) bond motifs is 1. The highest BCUT2D eigenvalue weighted by Gasteiger charge is 2.20. The maximum Gasteiger partial charge on any atom is 0.324 e. The van der Waals surface area contributed by atoms with Gasteiger partial charge in [0.05, 0.1) is 17.6 Å². The van der Waals surface area contributed by atoms with Crippen molar-refractivity contribution in [2.75, 3.05) is 10.6 Å². The summed E-state index contributed by atoms with van der Waals surface area (Å²) in [5.41, 5.74) is 4.11. The van der Waals surface area contributed by atoms with Crippen LogP contribution in [-0.2, 0) is 7.05 Å². The van der Waals surface area contributed by atoms with Crippen LogP contribution < -0.4 is 10.6 Å². The number of hydrogen-bond donors (Lipinski definition) is 2. The van der Waals surface area contributed by atoms with Gasteiger partial charge < -0.3 is 5.32 Å². The number of hydrogen-bond acceptors (Lipinski definition) is 3. The Morgan fingerprint density at radius 1 is 0.906 bits per heavy atom. The maximum absolute atomic E-state index is 13.0. The monoisotopic (exact) mass is 422 g/mol. The van der Waals surface area contributed by atoms with Crippen LogP contribution in [0.3, 0.4) is 0 Å². The Bertz CT molecular complexity index is 1410. The zero-order valence-corrected chi connectivity index (χ0v) is 17.8. The molecule has 0 aliphatic heterocycles. The smallest absolute Gasteiger partial charge is 0.307 e. The molecule has 2 aromatic heterocycles. The van der Waals surface area contributed by atoms with Crippen molar-refractivity contribution in [1.29, 1.82) is 0 Å². The molecule has 0 saturated carbocycles. The highest BCUT2D eigenvalue weighted by atomic mass is 16.2. The van der Waals surface area contributed by atoms with E-state index in [0.29, 0.717) is 5.82 Å². The maximum atomic E-state index is 13.0. The highest BCUT2D eigenvalue weighted by Crippen LogP contribution is 2.30. The number of aromatic nitrogens is 4. The van der Waals surface area contributed by atoms with Gasteiger partial charge in [0.25, 0.3) is 0 Å². The second-order valence-corrected chi connectivity index (χ2v) is 7.58. The first-order valence-corrected chi connectivity index (χ1v) is 10.3. The van der Waals surface area contributed by atoms with Crippen molar-refractivity contribution in [3.63, 3.8) is 0 Å². The van der Waals surface area contributed by atoms with Crippen molar-refractivity contribution in [1.82, 2.24) is 19.6 Å². The number of benzene rings is 3. The Morgan fingerprint density at radius 3 is 2.44 bits per heavy atom. The van der Waals surface area contributed by atoms with Crippen LogP contribution >= 0.6 is 0 Å². The van der Waals surface area contributed by atoms with Gasteiger partial charge in [-0.2, -0.15) is 10.2 Å². The summed E-state index contributed by atoms with van der Waals surface area (Å²) in [6, 6.07) is 23.2. The van der Waals surface area contributed by atoms with E-state index in [9.17, 15) is 4.79 Å². The van der Waals surface area contributed by atoms with Crippen LogP contribution in [0, 0.1) is 6.92 Å². The number of aryl methyl sites for hydroxylation is 1. The van der Waals surface area contributed by atoms with Crippen molar-refractivity contribution in [3.05, 3.63) is 90.8 Å². The Morgan fingerprint density at radius 2 is 1.66 bits per heavy atom. The van der Waals surface area contributed by atoms with Crippen molar-refractivity contribution in [2.24, 2.45) is 7.05 Å². The Hall–Kier alpha value is -4.39. The first-order chi connectivity index (χ1) is 15.6. The van der Waals surface area contributed by atoms with Gasteiger partial charge >= 0.3 is 6.03 Å². The van der Waals surface area contributed by atoms with Crippen LogP contribution in [0.4, 0.5) is 16.3 Å². The number of urea groups is 1. The summed E-state index contributed by atoms with van der Waals surface area (Å²) in [5.74, 6) is 0.604. The SMILES string of the molecule is Cc1c(-c2cnn(C)c2)nn(-c2ccccc2)c1NC(=O)Nc1cccc2ccccc12. The van der Waals surface area contributed by atoms with Gasteiger partial charge in [0, 0.05) is 29.8 Å². The quantitative estimate of drug-likeness (QED) is 0.408. The van der Waals surface area contributed by atoms with Crippen LogP contribution in [0.2, 0.25) is 0 Å². The fourth-order valence-corrected chi connectivity index (χ4v) is 3.81. The normalized spacial score (nSPS) is 10.9. The van der Waals surface area contributed by atoms with Gasteiger partial charge in [-0.05, 0) is 30.5 Å². The highest BCUT2D eigenvalue weighted by molar-refractivity contribution is 6.06. The van der Waals surface area contributed by atoms with Crippen molar-refractivity contribution in [2.45, 2.75) is 6.92 Å². The molecule has 0 fully saturated rings. The fraction of sp³-hybridized carbons (Fsp3) is 0.0800. The van der Waals surface area contributed by atoms with E-state index in [1.54, 1.807) is 15.6 Å². The molecule has 7 nitrogen and oxygen atoms in total. The molecule has 0 atom stereocenters. The molecule has 2 heterocycles. The zero-order valence-electron chi connectivity index (χ0n) is 17.8. The molecular weight excluding hydrogens is 400 g/mol. The molecule has 0 aliphatic rings. The Balaban J connectivity index is 1.52. The fourth-order valence-electron chi connectivity index (χ4n) is 3.81. The molecular formula is C25H22N6O. The second-order valence-electron chi connectivity index (χ2n) is 7.58. The van der Waals surface area contributed by atoms with Gasteiger partial charge in [-0.1, -0.05) is 54.6 Å².